The number of carbonyl (C=O) groups is 2. The molecule has 0 aliphatic rings. The van der Waals surface area contributed by atoms with Crippen LogP contribution in [0.1, 0.15) is 18.4 Å². The topological polar surface area (TPSA) is 118 Å². The SMILES string of the molecule is NC(CC[C@H](N)C(=O)O)C(=O)NCc1ccccc1. The molecule has 0 radical (unpaired) electrons. The van der Waals surface area contributed by atoms with Crippen LogP contribution in [0.3, 0.4) is 0 Å². The van der Waals surface area contributed by atoms with Crippen molar-refractivity contribution in [2.45, 2.75) is 31.5 Å². The number of aliphatic carboxylic acids is 1. The Balaban J connectivity index is 2.31. The van der Waals surface area contributed by atoms with Crippen LogP contribution in [-0.2, 0) is 16.1 Å². The van der Waals surface area contributed by atoms with Gasteiger partial charge in [0.25, 0.3) is 0 Å². The largest absolute Gasteiger partial charge is 0.480 e. The van der Waals surface area contributed by atoms with Crippen molar-refractivity contribution in [3.63, 3.8) is 0 Å². The number of carboxylic acids is 1. The Morgan fingerprint density at radius 1 is 1.11 bits per heavy atom. The first-order chi connectivity index (χ1) is 9.00. The number of benzene rings is 1. The molecule has 1 amide bonds. The van der Waals surface area contributed by atoms with Gasteiger partial charge in [-0.3, -0.25) is 9.59 Å². The molecule has 1 aromatic rings. The lowest BCUT2D eigenvalue weighted by Gasteiger charge is -2.13. The van der Waals surface area contributed by atoms with E-state index in [2.05, 4.69) is 5.32 Å². The van der Waals surface area contributed by atoms with E-state index in [9.17, 15) is 9.59 Å². The van der Waals surface area contributed by atoms with Gasteiger partial charge in [0, 0.05) is 6.54 Å². The highest BCUT2D eigenvalue weighted by Crippen LogP contribution is 2.01. The number of rotatable bonds is 7. The van der Waals surface area contributed by atoms with Crippen LogP contribution in [0.15, 0.2) is 30.3 Å². The van der Waals surface area contributed by atoms with Crippen molar-refractivity contribution < 1.29 is 14.7 Å². The third kappa shape index (κ3) is 5.50. The lowest BCUT2D eigenvalue weighted by molar-refractivity contribution is -0.139. The second-order valence-corrected chi connectivity index (χ2v) is 4.33. The number of nitrogens with one attached hydrogen (secondary N) is 1. The van der Waals surface area contributed by atoms with Crippen LogP contribution in [0.5, 0.6) is 0 Å². The maximum atomic E-state index is 11.7. The first kappa shape index (κ1) is 15.1. The molecule has 104 valence electrons. The van der Waals surface area contributed by atoms with E-state index in [4.69, 9.17) is 16.6 Å². The van der Waals surface area contributed by atoms with Crippen molar-refractivity contribution >= 4 is 11.9 Å². The van der Waals surface area contributed by atoms with Gasteiger partial charge in [-0.05, 0) is 18.4 Å². The van der Waals surface area contributed by atoms with Crippen molar-refractivity contribution in [3.05, 3.63) is 35.9 Å². The quantitative estimate of drug-likeness (QED) is 0.545. The van der Waals surface area contributed by atoms with Gasteiger partial charge < -0.3 is 21.9 Å². The number of nitrogens with two attached hydrogens (primary N) is 2. The minimum atomic E-state index is -1.09. The monoisotopic (exact) mass is 265 g/mol. The summed E-state index contributed by atoms with van der Waals surface area (Å²) in [7, 11) is 0. The van der Waals surface area contributed by atoms with E-state index in [0.29, 0.717) is 6.54 Å². The molecule has 0 aliphatic carbocycles. The molecule has 2 atom stereocenters. The van der Waals surface area contributed by atoms with Gasteiger partial charge in [0.05, 0.1) is 6.04 Å². The van der Waals surface area contributed by atoms with Gasteiger partial charge in [0.15, 0.2) is 0 Å². The van der Waals surface area contributed by atoms with Gasteiger partial charge in [-0.1, -0.05) is 30.3 Å². The predicted molar refractivity (Wildman–Crippen MR) is 71.1 cm³/mol. The van der Waals surface area contributed by atoms with Gasteiger partial charge in [-0.25, -0.2) is 0 Å². The van der Waals surface area contributed by atoms with Crippen molar-refractivity contribution in [2.24, 2.45) is 11.5 Å². The highest BCUT2D eigenvalue weighted by Gasteiger charge is 2.17. The fourth-order valence-corrected chi connectivity index (χ4v) is 1.53. The van der Waals surface area contributed by atoms with Crippen LogP contribution in [0, 0.1) is 0 Å². The zero-order chi connectivity index (χ0) is 14.3. The zero-order valence-corrected chi connectivity index (χ0v) is 10.6. The van der Waals surface area contributed by atoms with Gasteiger partial charge in [0.2, 0.25) is 5.91 Å². The summed E-state index contributed by atoms with van der Waals surface area (Å²) in [5, 5.41) is 11.3. The molecule has 0 heterocycles. The van der Waals surface area contributed by atoms with Crippen LogP contribution in [0.25, 0.3) is 0 Å². The van der Waals surface area contributed by atoms with Crippen LogP contribution in [0.2, 0.25) is 0 Å². The Kier molecular flexibility index (Phi) is 5.98. The van der Waals surface area contributed by atoms with E-state index in [0.717, 1.165) is 5.56 Å². The van der Waals surface area contributed by atoms with Gasteiger partial charge in [0.1, 0.15) is 6.04 Å². The molecule has 1 aromatic carbocycles. The second-order valence-electron chi connectivity index (χ2n) is 4.33. The Morgan fingerprint density at radius 3 is 2.26 bits per heavy atom. The lowest BCUT2D eigenvalue weighted by atomic mass is 10.1. The maximum Gasteiger partial charge on any atom is 0.320 e. The number of carbonyl (C=O) groups excluding carboxylic acids is 1. The van der Waals surface area contributed by atoms with E-state index in [-0.39, 0.29) is 18.7 Å². The normalized spacial score (nSPS) is 13.6. The van der Waals surface area contributed by atoms with E-state index in [1.54, 1.807) is 0 Å². The number of amides is 1. The predicted octanol–water partition coefficient (Wildman–Crippen LogP) is -0.178. The maximum absolute atomic E-state index is 11.7. The number of carboxylic acid groups (broad SMARTS) is 1. The molecule has 0 fully saturated rings. The Bertz CT molecular complexity index is 422. The third-order valence-corrected chi connectivity index (χ3v) is 2.75. The molecule has 1 unspecified atom stereocenters. The standard InChI is InChI=1S/C13H19N3O3/c14-10(6-7-11(15)13(18)19)12(17)16-8-9-4-2-1-3-5-9/h1-5,10-11H,6-8,14-15H2,(H,16,17)(H,18,19)/t10?,11-/m0/s1. The van der Waals surface area contributed by atoms with Crippen LogP contribution in [0.4, 0.5) is 0 Å². The molecule has 1 rings (SSSR count). The molecular formula is C13H19N3O3. The molecule has 6 heteroatoms. The van der Waals surface area contributed by atoms with Crippen molar-refractivity contribution in [2.75, 3.05) is 0 Å². The van der Waals surface area contributed by atoms with Crippen molar-refractivity contribution in [1.82, 2.24) is 5.32 Å². The summed E-state index contributed by atoms with van der Waals surface area (Å²) in [6.45, 7) is 0.401. The van der Waals surface area contributed by atoms with Crippen molar-refractivity contribution in [3.8, 4) is 0 Å². The minimum Gasteiger partial charge on any atom is -0.480 e. The molecule has 0 aliphatic heterocycles. The summed E-state index contributed by atoms with van der Waals surface area (Å²) < 4.78 is 0. The molecule has 0 bridgehead atoms. The molecule has 19 heavy (non-hydrogen) atoms. The molecular weight excluding hydrogens is 246 g/mol. The fourth-order valence-electron chi connectivity index (χ4n) is 1.53. The van der Waals surface area contributed by atoms with Crippen LogP contribution in [-0.4, -0.2) is 29.1 Å². The molecule has 6 nitrogen and oxygen atoms in total. The summed E-state index contributed by atoms with van der Waals surface area (Å²) in [5.41, 5.74) is 12.0. The van der Waals surface area contributed by atoms with E-state index >= 15 is 0 Å². The van der Waals surface area contributed by atoms with E-state index < -0.39 is 18.1 Å². The Morgan fingerprint density at radius 2 is 1.68 bits per heavy atom. The van der Waals surface area contributed by atoms with E-state index in [1.165, 1.54) is 0 Å². The summed E-state index contributed by atoms with van der Waals surface area (Å²) >= 11 is 0. The smallest absolute Gasteiger partial charge is 0.320 e. The third-order valence-electron chi connectivity index (χ3n) is 2.75. The summed E-state index contributed by atoms with van der Waals surface area (Å²) in [4.78, 5) is 22.2. The van der Waals surface area contributed by atoms with Gasteiger partial charge in [-0.2, -0.15) is 0 Å². The van der Waals surface area contributed by atoms with Crippen LogP contribution >= 0.6 is 0 Å². The summed E-state index contributed by atoms with van der Waals surface area (Å²) in [5.74, 6) is -1.39. The summed E-state index contributed by atoms with van der Waals surface area (Å²) in [6.07, 6.45) is 0.420. The Hall–Kier alpha value is -1.92. The van der Waals surface area contributed by atoms with E-state index in [1.807, 2.05) is 30.3 Å². The molecule has 0 aromatic heterocycles. The fraction of sp³-hybridized carbons (Fsp3) is 0.385. The minimum absolute atomic E-state index is 0.176. The van der Waals surface area contributed by atoms with Crippen LogP contribution < -0.4 is 16.8 Å². The summed E-state index contributed by atoms with van der Waals surface area (Å²) in [6, 6.07) is 7.73. The molecule has 0 spiro atoms. The Labute approximate surface area is 111 Å². The molecule has 0 saturated heterocycles. The molecule has 0 saturated carbocycles. The second kappa shape index (κ2) is 7.50. The first-order valence-corrected chi connectivity index (χ1v) is 6.06. The van der Waals surface area contributed by atoms with Gasteiger partial charge in [-0.15, -0.1) is 0 Å². The van der Waals surface area contributed by atoms with Crippen molar-refractivity contribution in [1.29, 1.82) is 0 Å². The van der Waals surface area contributed by atoms with Gasteiger partial charge >= 0.3 is 5.97 Å². The average molecular weight is 265 g/mol. The molecule has 6 N–H and O–H groups in total. The lowest BCUT2D eigenvalue weighted by Crippen LogP contribution is -2.42. The highest BCUT2D eigenvalue weighted by molar-refractivity contribution is 5.81. The highest BCUT2D eigenvalue weighted by atomic mass is 16.4. The number of hydrogen-bond acceptors (Lipinski definition) is 4. The zero-order valence-electron chi connectivity index (χ0n) is 10.6. The average Bonchev–Trinajstić information content (AvgIpc) is 2.42. The number of hydrogen-bond donors (Lipinski definition) is 4. The first-order valence-electron chi connectivity index (χ1n) is 6.06.